The van der Waals surface area contributed by atoms with Crippen LogP contribution in [0.2, 0.25) is 0 Å². The minimum absolute atomic E-state index is 0.483. The molecule has 0 saturated heterocycles. The average Bonchev–Trinajstić information content (AvgIpc) is 2.13. The third-order valence-electron chi connectivity index (χ3n) is 1.22. The van der Waals surface area contributed by atoms with E-state index in [0.29, 0.717) is 0 Å². The van der Waals surface area contributed by atoms with Crippen molar-refractivity contribution in [3.8, 4) is 0 Å². The number of hydrogen-bond donors (Lipinski definition) is 2. The van der Waals surface area contributed by atoms with E-state index >= 15 is 0 Å². The van der Waals surface area contributed by atoms with Gasteiger partial charge in [-0.2, -0.15) is 0 Å². The molecule has 0 aliphatic heterocycles. The number of carbonyl (C=O) groups excluding carboxylic acids is 2. The predicted molar refractivity (Wildman–Crippen MR) is 40.7 cm³/mol. The highest BCUT2D eigenvalue weighted by molar-refractivity contribution is 5.91. The van der Waals surface area contributed by atoms with Gasteiger partial charge >= 0.3 is 11.9 Å². The maximum atomic E-state index is 10.8. The van der Waals surface area contributed by atoms with Gasteiger partial charge in [0, 0.05) is 0 Å². The molecule has 0 aliphatic carbocycles. The lowest BCUT2D eigenvalue weighted by molar-refractivity contribution is -0.159. The molecular formula is C7H12O6. The zero-order chi connectivity index (χ0) is 10.3. The average molecular weight is 192 g/mol. The first-order valence-electron chi connectivity index (χ1n) is 3.62. The van der Waals surface area contributed by atoms with E-state index in [0.717, 1.165) is 7.11 Å². The molecular weight excluding hydrogens is 180 g/mol. The van der Waals surface area contributed by atoms with Crippen LogP contribution in [-0.2, 0) is 19.1 Å². The molecule has 6 heteroatoms. The highest BCUT2D eigenvalue weighted by Crippen LogP contribution is 1.95. The van der Waals surface area contributed by atoms with Crippen molar-refractivity contribution < 1.29 is 29.3 Å². The Hall–Kier alpha value is -1.14. The predicted octanol–water partition coefficient (Wildman–Crippen LogP) is -1.55. The van der Waals surface area contributed by atoms with Crippen LogP contribution < -0.4 is 0 Å². The summed E-state index contributed by atoms with van der Waals surface area (Å²) in [6.45, 7) is -0.965. The molecule has 0 saturated carbocycles. The summed E-state index contributed by atoms with van der Waals surface area (Å²) >= 11 is 0. The molecule has 0 unspecified atom stereocenters. The molecule has 0 aromatic heterocycles. The summed E-state index contributed by atoms with van der Waals surface area (Å²) in [6, 6.07) is 0. The lowest BCUT2D eigenvalue weighted by atomic mass is 10.4. The Labute approximate surface area is 75.1 Å². The van der Waals surface area contributed by atoms with Crippen molar-refractivity contribution in [1.29, 1.82) is 0 Å². The first kappa shape index (κ1) is 11.9. The van der Waals surface area contributed by atoms with Crippen LogP contribution in [-0.4, -0.2) is 48.6 Å². The Balaban J connectivity index is 3.79. The van der Waals surface area contributed by atoms with Crippen molar-refractivity contribution in [2.45, 2.75) is 12.5 Å². The number of carbonyl (C=O) groups is 2. The molecule has 0 spiro atoms. The number of esters is 2. The fraction of sp³-hybridized carbons (Fsp3) is 0.714. The number of aliphatic hydroxyl groups is 2. The molecule has 0 fully saturated rings. The van der Waals surface area contributed by atoms with Gasteiger partial charge in [-0.15, -0.1) is 0 Å². The standard InChI is InChI=1S/C7H12O6/c1-12-6(10)2-7(11)13-5(3-8)4-9/h5,8-9H,2-4H2,1H3. The van der Waals surface area contributed by atoms with Crippen molar-refractivity contribution in [2.75, 3.05) is 20.3 Å². The molecule has 0 atom stereocenters. The fourth-order valence-corrected chi connectivity index (χ4v) is 0.550. The smallest absolute Gasteiger partial charge is 0.317 e. The van der Waals surface area contributed by atoms with E-state index < -0.39 is 37.7 Å². The van der Waals surface area contributed by atoms with Gasteiger partial charge in [0.15, 0.2) is 0 Å². The van der Waals surface area contributed by atoms with Crippen molar-refractivity contribution >= 4 is 11.9 Å². The normalized spacial score (nSPS) is 9.85. The molecule has 6 nitrogen and oxygen atoms in total. The van der Waals surface area contributed by atoms with Crippen LogP contribution in [0, 0.1) is 0 Å². The Morgan fingerprint density at radius 3 is 2.15 bits per heavy atom. The highest BCUT2D eigenvalue weighted by atomic mass is 16.6. The number of hydrogen-bond acceptors (Lipinski definition) is 6. The van der Waals surface area contributed by atoms with E-state index in [1.54, 1.807) is 0 Å². The van der Waals surface area contributed by atoms with Crippen LogP contribution in [0.5, 0.6) is 0 Å². The summed E-state index contributed by atoms with van der Waals surface area (Å²) in [6.07, 6.45) is -1.50. The van der Waals surface area contributed by atoms with Gasteiger partial charge in [-0.25, -0.2) is 0 Å². The van der Waals surface area contributed by atoms with E-state index in [1.165, 1.54) is 0 Å². The van der Waals surface area contributed by atoms with Crippen molar-refractivity contribution in [2.24, 2.45) is 0 Å². The third kappa shape index (κ3) is 5.15. The quantitative estimate of drug-likeness (QED) is 0.404. The molecule has 0 aromatic carbocycles. The number of methoxy groups -OCH3 is 1. The van der Waals surface area contributed by atoms with E-state index in [-0.39, 0.29) is 0 Å². The number of rotatable bonds is 5. The first-order chi connectivity index (χ1) is 6.13. The molecule has 0 amide bonds. The van der Waals surface area contributed by atoms with Gasteiger partial charge in [-0.05, 0) is 0 Å². The minimum atomic E-state index is -0.975. The Kier molecular flexibility index (Phi) is 5.82. The fourth-order valence-electron chi connectivity index (χ4n) is 0.550. The maximum Gasteiger partial charge on any atom is 0.317 e. The molecule has 76 valence electrons. The topological polar surface area (TPSA) is 93.1 Å². The minimum Gasteiger partial charge on any atom is -0.469 e. The van der Waals surface area contributed by atoms with Crippen LogP contribution in [0.1, 0.15) is 6.42 Å². The van der Waals surface area contributed by atoms with Crippen LogP contribution in [0.15, 0.2) is 0 Å². The Bertz CT molecular complexity index is 174. The van der Waals surface area contributed by atoms with E-state index in [9.17, 15) is 9.59 Å². The van der Waals surface area contributed by atoms with Crippen molar-refractivity contribution in [1.82, 2.24) is 0 Å². The summed E-state index contributed by atoms with van der Waals surface area (Å²) < 4.78 is 8.69. The molecule has 2 N–H and O–H groups in total. The first-order valence-corrected chi connectivity index (χ1v) is 3.62. The maximum absolute atomic E-state index is 10.8. The number of ether oxygens (including phenoxy) is 2. The third-order valence-corrected chi connectivity index (χ3v) is 1.22. The molecule has 0 rings (SSSR count). The van der Waals surface area contributed by atoms with Crippen molar-refractivity contribution in [3.05, 3.63) is 0 Å². The molecule has 0 heterocycles. The Morgan fingerprint density at radius 1 is 1.23 bits per heavy atom. The van der Waals surface area contributed by atoms with Crippen LogP contribution in [0.3, 0.4) is 0 Å². The molecule has 0 radical (unpaired) electrons. The van der Waals surface area contributed by atoms with Gasteiger partial charge in [0.05, 0.1) is 20.3 Å². The van der Waals surface area contributed by atoms with Gasteiger partial charge in [-0.3, -0.25) is 9.59 Å². The largest absolute Gasteiger partial charge is 0.469 e. The summed E-state index contributed by atoms with van der Waals surface area (Å²) in [7, 11) is 1.14. The monoisotopic (exact) mass is 192 g/mol. The molecule has 13 heavy (non-hydrogen) atoms. The van der Waals surface area contributed by atoms with Gasteiger partial charge in [0.2, 0.25) is 0 Å². The van der Waals surface area contributed by atoms with E-state index in [1.807, 2.05) is 0 Å². The zero-order valence-electron chi connectivity index (χ0n) is 7.23. The highest BCUT2D eigenvalue weighted by Gasteiger charge is 2.15. The second-order valence-corrected chi connectivity index (χ2v) is 2.23. The molecule has 0 bridgehead atoms. The van der Waals surface area contributed by atoms with Crippen LogP contribution in [0.25, 0.3) is 0 Å². The number of aliphatic hydroxyl groups excluding tert-OH is 2. The Morgan fingerprint density at radius 2 is 1.77 bits per heavy atom. The van der Waals surface area contributed by atoms with Gasteiger partial charge < -0.3 is 19.7 Å². The summed E-state index contributed by atoms with van der Waals surface area (Å²) in [5, 5.41) is 17.0. The summed E-state index contributed by atoms with van der Waals surface area (Å²) in [5.74, 6) is -1.56. The van der Waals surface area contributed by atoms with Gasteiger partial charge in [0.1, 0.15) is 12.5 Å². The van der Waals surface area contributed by atoms with Crippen LogP contribution >= 0.6 is 0 Å². The van der Waals surface area contributed by atoms with E-state index in [2.05, 4.69) is 9.47 Å². The lowest BCUT2D eigenvalue weighted by Gasteiger charge is -2.11. The zero-order valence-corrected chi connectivity index (χ0v) is 7.23. The van der Waals surface area contributed by atoms with Crippen molar-refractivity contribution in [3.63, 3.8) is 0 Å². The van der Waals surface area contributed by atoms with E-state index in [4.69, 9.17) is 10.2 Å². The van der Waals surface area contributed by atoms with Gasteiger partial charge in [-0.1, -0.05) is 0 Å². The molecule has 0 aliphatic rings. The second kappa shape index (κ2) is 6.38. The molecule has 0 aromatic rings. The summed E-state index contributed by atoms with van der Waals surface area (Å²) in [4.78, 5) is 21.3. The van der Waals surface area contributed by atoms with Crippen LogP contribution in [0.4, 0.5) is 0 Å². The lowest BCUT2D eigenvalue weighted by Crippen LogP contribution is -2.26. The SMILES string of the molecule is COC(=O)CC(=O)OC(CO)CO. The van der Waals surface area contributed by atoms with Gasteiger partial charge in [0.25, 0.3) is 0 Å². The summed E-state index contributed by atoms with van der Waals surface area (Å²) in [5.41, 5.74) is 0. The second-order valence-electron chi connectivity index (χ2n) is 2.23.